The van der Waals surface area contributed by atoms with Gasteiger partial charge < -0.3 is 10.5 Å². The third kappa shape index (κ3) is 2.53. The van der Waals surface area contributed by atoms with Crippen LogP contribution < -0.4 is 5.73 Å². The van der Waals surface area contributed by atoms with Crippen LogP contribution in [-0.2, 0) is 4.74 Å². The zero-order valence-corrected chi connectivity index (χ0v) is 11.1. The van der Waals surface area contributed by atoms with E-state index in [1.807, 2.05) is 7.11 Å². The second-order valence-electron chi connectivity index (χ2n) is 5.41. The zero-order chi connectivity index (χ0) is 12.5. The average Bonchev–Trinajstić information content (AvgIpc) is 2.26. The number of aryl methyl sites for hydroxylation is 2. The van der Waals surface area contributed by atoms with Crippen molar-refractivity contribution in [1.82, 2.24) is 0 Å². The molecule has 0 saturated heterocycles. The van der Waals surface area contributed by atoms with Crippen LogP contribution in [0.2, 0.25) is 0 Å². The Morgan fingerprint density at radius 3 is 2.59 bits per heavy atom. The summed E-state index contributed by atoms with van der Waals surface area (Å²) in [5.74, 6) is 0. The first kappa shape index (κ1) is 12.6. The van der Waals surface area contributed by atoms with E-state index < -0.39 is 0 Å². The Morgan fingerprint density at radius 1 is 1.35 bits per heavy atom. The molecule has 1 saturated carbocycles. The summed E-state index contributed by atoms with van der Waals surface area (Å²) in [4.78, 5) is 0. The summed E-state index contributed by atoms with van der Waals surface area (Å²) in [6.07, 6.45) is 4.52. The number of hydrogen-bond donors (Lipinski definition) is 1. The maximum atomic E-state index is 6.36. The van der Waals surface area contributed by atoms with Crippen LogP contribution in [0.3, 0.4) is 0 Å². The maximum absolute atomic E-state index is 6.36. The fraction of sp³-hybridized carbons (Fsp3) is 0.600. The van der Waals surface area contributed by atoms with Gasteiger partial charge in [0, 0.05) is 13.2 Å². The van der Waals surface area contributed by atoms with Gasteiger partial charge in [-0.25, -0.2) is 0 Å². The van der Waals surface area contributed by atoms with E-state index in [1.54, 1.807) is 0 Å². The highest BCUT2D eigenvalue weighted by Gasteiger charge is 2.38. The minimum atomic E-state index is 0.0512. The first-order valence-corrected chi connectivity index (χ1v) is 6.44. The highest BCUT2D eigenvalue weighted by molar-refractivity contribution is 5.33. The second-order valence-corrected chi connectivity index (χ2v) is 5.41. The van der Waals surface area contributed by atoms with Crippen molar-refractivity contribution in [2.75, 3.05) is 7.11 Å². The molecule has 1 atom stereocenters. The molecule has 17 heavy (non-hydrogen) atoms. The molecular weight excluding hydrogens is 210 g/mol. The zero-order valence-electron chi connectivity index (χ0n) is 11.1. The number of ether oxygens (including phenoxy) is 1. The summed E-state index contributed by atoms with van der Waals surface area (Å²) >= 11 is 0. The van der Waals surface area contributed by atoms with Crippen LogP contribution in [0.4, 0.5) is 0 Å². The Morgan fingerprint density at radius 2 is 2.06 bits per heavy atom. The van der Waals surface area contributed by atoms with Crippen LogP contribution in [0.5, 0.6) is 0 Å². The van der Waals surface area contributed by atoms with Crippen molar-refractivity contribution in [2.24, 2.45) is 5.73 Å². The molecule has 1 fully saturated rings. The molecule has 0 aliphatic heterocycles. The summed E-state index contributed by atoms with van der Waals surface area (Å²) in [6.45, 7) is 4.25. The van der Waals surface area contributed by atoms with Crippen molar-refractivity contribution < 1.29 is 4.74 Å². The topological polar surface area (TPSA) is 35.2 Å². The highest BCUT2D eigenvalue weighted by Crippen LogP contribution is 2.41. The predicted molar refractivity (Wildman–Crippen MR) is 71.1 cm³/mol. The number of benzene rings is 1. The van der Waals surface area contributed by atoms with E-state index in [0.717, 1.165) is 19.3 Å². The van der Waals surface area contributed by atoms with E-state index in [2.05, 4.69) is 32.0 Å². The van der Waals surface area contributed by atoms with Gasteiger partial charge in [0.25, 0.3) is 0 Å². The van der Waals surface area contributed by atoms with Gasteiger partial charge in [-0.15, -0.1) is 0 Å². The molecule has 0 radical (unpaired) electrons. The molecule has 0 spiro atoms. The van der Waals surface area contributed by atoms with E-state index in [0.29, 0.717) is 0 Å². The Hall–Kier alpha value is -0.860. The summed E-state index contributed by atoms with van der Waals surface area (Å²) in [7, 11) is 1.81. The van der Waals surface area contributed by atoms with Crippen LogP contribution in [0, 0.1) is 13.8 Å². The fourth-order valence-electron chi connectivity index (χ4n) is 2.73. The first-order valence-electron chi connectivity index (χ1n) is 6.44. The molecule has 2 nitrogen and oxygen atoms in total. The lowest BCUT2D eigenvalue weighted by Crippen LogP contribution is -2.42. The van der Waals surface area contributed by atoms with E-state index in [4.69, 9.17) is 10.5 Å². The van der Waals surface area contributed by atoms with Gasteiger partial charge >= 0.3 is 0 Å². The van der Waals surface area contributed by atoms with Crippen molar-refractivity contribution in [1.29, 1.82) is 0 Å². The van der Waals surface area contributed by atoms with Crippen LogP contribution in [0.25, 0.3) is 0 Å². The monoisotopic (exact) mass is 233 g/mol. The van der Waals surface area contributed by atoms with Crippen LogP contribution in [0.15, 0.2) is 18.2 Å². The lowest BCUT2D eigenvalue weighted by molar-refractivity contribution is -0.0817. The molecular formula is C15H23NO. The van der Waals surface area contributed by atoms with Crippen LogP contribution >= 0.6 is 0 Å². The van der Waals surface area contributed by atoms with Crippen LogP contribution in [0.1, 0.15) is 48.4 Å². The summed E-state index contributed by atoms with van der Waals surface area (Å²) in [5.41, 5.74) is 10.2. The van der Waals surface area contributed by atoms with Crippen molar-refractivity contribution >= 4 is 0 Å². The third-order valence-corrected chi connectivity index (χ3v) is 4.12. The molecule has 1 aromatic rings. The van der Waals surface area contributed by atoms with E-state index in [-0.39, 0.29) is 11.6 Å². The molecule has 1 aliphatic carbocycles. The normalized spacial score (nSPS) is 19.8. The summed E-state index contributed by atoms with van der Waals surface area (Å²) in [5, 5.41) is 0. The Bertz CT molecular complexity index is 390. The lowest BCUT2D eigenvalue weighted by atomic mass is 9.74. The van der Waals surface area contributed by atoms with Gasteiger partial charge in [-0.3, -0.25) is 0 Å². The molecule has 0 heterocycles. The van der Waals surface area contributed by atoms with E-state index >= 15 is 0 Å². The van der Waals surface area contributed by atoms with Gasteiger partial charge in [-0.05, 0) is 50.7 Å². The van der Waals surface area contributed by atoms with E-state index in [1.165, 1.54) is 23.1 Å². The minimum Gasteiger partial charge on any atom is -0.378 e. The number of rotatable bonds is 4. The predicted octanol–water partition coefficient (Wildman–Crippen LogP) is 3.26. The quantitative estimate of drug-likeness (QED) is 0.866. The van der Waals surface area contributed by atoms with Gasteiger partial charge in [-0.1, -0.05) is 23.8 Å². The molecule has 1 aromatic carbocycles. The second kappa shape index (κ2) is 4.79. The first-order chi connectivity index (χ1) is 8.06. The van der Waals surface area contributed by atoms with Gasteiger partial charge in [0.05, 0.1) is 5.60 Å². The summed E-state index contributed by atoms with van der Waals surface area (Å²) in [6, 6.07) is 6.60. The Balaban J connectivity index is 2.13. The van der Waals surface area contributed by atoms with Gasteiger partial charge in [0.2, 0.25) is 0 Å². The van der Waals surface area contributed by atoms with Crippen molar-refractivity contribution in [3.05, 3.63) is 34.9 Å². The molecule has 94 valence electrons. The number of hydrogen-bond acceptors (Lipinski definition) is 2. The molecule has 0 bridgehead atoms. The maximum Gasteiger partial charge on any atom is 0.0696 e. The van der Waals surface area contributed by atoms with E-state index in [9.17, 15) is 0 Å². The largest absolute Gasteiger partial charge is 0.378 e. The van der Waals surface area contributed by atoms with Crippen molar-refractivity contribution in [2.45, 2.75) is 51.2 Å². The molecule has 2 N–H and O–H groups in total. The van der Waals surface area contributed by atoms with Crippen LogP contribution in [-0.4, -0.2) is 12.7 Å². The third-order valence-electron chi connectivity index (χ3n) is 4.12. The number of methoxy groups -OCH3 is 1. The van der Waals surface area contributed by atoms with Crippen molar-refractivity contribution in [3.63, 3.8) is 0 Å². The molecule has 1 unspecified atom stereocenters. The molecule has 0 aromatic heterocycles. The lowest BCUT2D eigenvalue weighted by Gasteiger charge is -2.42. The van der Waals surface area contributed by atoms with Gasteiger partial charge in [-0.2, -0.15) is 0 Å². The van der Waals surface area contributed by atoms with Gasteiger partial charge in [0.1, 0.15) is 0 Å². The van der Waals surface area contributed by atoms with Gasteiger partial charge in [0.15, 0.2) is 0 Å². The standard InChI is InChI=1S/C15H23NO/c1-11-5-6-12(2)13(9-11)14(16)10-15(17-3)7-4-8-15/h5-6,9,14H,4,7-8,10,16H2,1-3H3. The summed E-state index contributed by atoms with van der Waals surface area (Å²) < 4.78 is 5.66. The molecule has 0 amide bonds. The number of nitrogens with two attached hydrogens (primary N) is 1. The SMILES string of the molecule is COC1(CC(N)c2cc(C)ccc2C)CCC1. The Labute approximate surface area is 104 Å². The molecule has 2 heteroatoms. The highest BCUT2D eigenvalue weighted by atomic mass is 16.5. The minimum absolute atomic E-state index is 0.0512. The van der Waals surface area contributed by atoms with Crippen molar-refractivity contribution in [3.8, 4) is 0 Å². The Kier molecular flexibility index (Phi) is 3.55. The molecule has 1 aliphatic rings. The smallest absolute Gasteiger partial charge is 0.0696 e. The fourth-order valence-corrected chi connectivity index (χ4v) is 2.73. The average molecular weight is 233 g/mol. The molecule has 2 rings (SSSR count).